The summed E-state index contributed by atoms with van der Waals surface area (Å²) in [7, 11) is 1.41. The lowest BCUT2D eigenvalue weighted by molar-refractivity contribution is -0.0511. The van der Waals surface area contributed by atoms with E-state index in [0.29, 0.717) is 0 Å². The van der Waals surface area contributed by atoms with Crippen LogP contribution in [0.25, 0.3) is 11.1 Å². The van der Waals surface area contributed by atoms with Crippen LogP contribution in [0.4, 0.5) is 8.78 Å². The maximum Gasteiger partial charge on any atom is 0.387 e. The molecule has 21 heavy (non-hydrogen) atoms. The summed E-state index contributed by atoms with van der Waals surface area (Å²) >= 11 is 0. The summed E-state index contributed by atoms with van der Waals surface area (Å²) in [6, 6.07) is 4.90. The van der Waals surface area contributed by atoms with Gasteiger partial charge in [-0.2, -0.15) is 13.9 Å². The lowest BCUT2D eigenvalue weighted by Gasteiger charge is -2.18. The number of halogens is 2. The molecule has 4 nitrogen and oxygen atoms in total. The van der Waals surface area contributed by atoms with Gasteiger partial charge in [0.05, 0.1) is 18.8 Å². The third-order valence-electron chi connectivity index (χ3n) is 2.98. The summed E-state index contributed by atoms with van der Waals surface area (Å²) in [4.78, 5) is 0. The highest BCUT2D eigenvalue weighted by Gasteiger charge is 2.16. The summed E-state index contributed by atoms with van der Waals surface area (Å²) in [6.07, 6.45) is 3.56. The molecule has 0 saturated heterocycles. The molecule has 0 saturated carbocycles. The van der Waals surface area contributed by atoms with Crippen molar-refractivity contribution in [2.75, 3.05) is 7.11 Å². The van der Waals surface area contributed by atoms with Crippen LogP contribution in [-0.4, -0.2) is 23.5 Å². The van der Waals surface area contributed by atoms with E-state index in [1.54, 1.807) is 18.3 Å². The number of methoxy groups -OCH3 is 1. The first-order valence-electron chi connectivity index (χ1n) is 6.49. The molecular weight excluding hydrogens is 278 g/mol. The molecule has 0 aliphatic rings. The number of nitrogens with zero attached hydrogens (tertiary/aromatic N) is 2. The molecule has 0 unspecified atom stereocenters. The lowest BCUT2D eigenvalue weighted by Crippen LogP contribution is -2.21. The summed E-state index contributed by atoms with van der Waals surface area (Å²) < 4.78 is 36.2. The van der Waals surface area contributed by atoms with Crippen LogP contribution in [0.5, 0.6) is 11.5 Å². The van der Waals surface area contributed by atoms with Crippen LogP contribution in [0, 0.1) is 0 Å². The van der Waals surface area contributed by atoms with Crippen molar-refractivity contribution in [1.82, 2.24) is 9.78 Å². The van der Waals surface area contributed by atoms with Crippen LogP contribution in [0.1, 0.15) is 20.8 Å². The molecule has 0 fully saturated rings. The highest BCUT2D eigenvalue weighted by atomic mass is 19.3. The summed E-state index contributed by atoms with van der Waals surface area (Å²) in [5.74, 6) is 0.274. The largest absolute Gasteiger partial charge is 0.493 e. The zero-order valence-electron chi connectivity index (χ0n) is 12.4. The fourth-order valence-electron chi connectivity index (χ4n) is 1.88. The smallest absolute Gasteiger partial charge is 0.387 e. The van der Waals surface area contributed by atoms with Crippen molar-refractivity contribution in [2.45, 2.75) is 32.9 Å². The van der Waals surface area contributed by atoms with E-state index in [9.17, 15) is 8.78 Å². The molecule has 6 heteroatoms. The van der Waals surface area contributed by atoms with Crippen molar-refractivity contribution in [2.24, 2.45) is 0 Å². The highest BCUT2D eigenvalue weighted by Crippen LogP contribution is 2.33. The molecular formula is C15H18F2N2O2. The Hall–Kier alpha value is -2.11. The molecule has 0 amide bonds. The quantitative estimate of drug-likeness (QED) is 0.858. The van der Waals surface area contributed by atoms with E-state index in [4.69, 9.17) is 4.74 Å². The Bertz CT molecular complexity index is 618. The van der Waals surface area contributed by atoms with Gasteiger partial charge in [-0.05, 0) is 38.5 Å². The minimum Gasteiger partial charge on any atom is -0.493 e. The van der Waals surface area contributed by atoms with Gasteiger partial charge in [-0.25, -0.2) is 0 Å². The van der Waals surface area contributed by atoms with Gasteiger partial charge in [-0.15, -0.1) is 0 Å². The SMILES string of the molecule is COc1ccc(-c2cnn(C(C)(C)C)c2)cc1OC(F)F. The number of rotatable bonds is 4. The second kappa shape index (κ2) is 5.71. The zero-order chi connectivity index (χ0) is 15.6. The molecule has 2 aromatic rings. The molecule has 0 spiro atoms. The molecule has 0 aliphatic heterocycles. The van der Waals surface area contributed by atoms with Gasteiger partial charge < -0.3 is 9.47 Å². The number of hydrogen-bond donors (Lipinski definition) is 0. The fraction of sp³-hybridized carbons (Fsp3) is 0.400. The van der Waals surface area contributed by atoms with Crippen molar-refractivity contribution in [3.63, 3.8) is 0 Å². The zero-order valence-corrected chi connectivity index (χ0v) is 12.4. The summed E-state index contributed by atoms with van der Waals surface area (Å²) in [5, 5.41) is 4.29. The second-order valence-electron chi connectivity index (χ2n) is 5.59. The van der Waals surface area contributed by atoms with Crippen LogP contribution >= 0.6 is 0 Å². The molecule has 1 aromatic heterocycles. The van der Waals surface area contributed by atoms with Crippen molar-refractivity contribution < 1.29 is 18.3 Å². The lowest BCUT2D eigenvalue weighted by atomic mass is 10.1. The van der Waals surface area contributed by atoms with E-state index < -0.39 is 6.61 Å². The van der Waals surface area contributed by atoms with Gasteiger partial charge in [0.25, 0.3) is 0 Å². The summed E-state index contributed by atoms with van der Waals surface area (Å²) in [6.45, 7) is 3.20. The van der Waals surface area contributed by atoms with Crippen molar-refractivity contribution in [1.29, 1.82) is 0 Å². The van der Waals surface area contributed by atoms with Gasteiger partial charge in [0, 0.05) is 11.8 Å². The standard InChI is InChI=1S/C15H18F2N2O2/c1-15(2,3)19-9-11(8-18-19)10-5-6-12(20-4)13(7-10)21-14(16)17/h5-9,14H,1-4H3. The Balaban J connectivity index is 2.38. The van der Waals surface area contributed by atoms with Gasteiger partial charge in [0.1, 0.15) is 0 Å². The first kappa shape index (κ1) is 15.3. The predicted molar refractivity (Wildman–Crippen MR) is 75.8 cm³/mol. The molecule has 0 aliphatic carbocycles. The highest BCUT2D eigenvalue weighted by molar-refractivity contribution is 5.66. The third-order valence-corrected chi connectivity index (χ3v) is 2.98. The topological polar surface area (TPSA) is 36.3 Å². The Morgan fingerprint density at radius 1 is 1.14 bits per heavy atom. The molecule has 2 rings (SSSR count). The van der Waals surface area contributed by atoms with Crippen LogP contribution < -0.4 is 9.47 Å². The Morgan fingerprint density at radius 2 is 1.86 bits per heavy atom. The van der Waals surface area contributed by atoms with Crippen LogP contribution in [0.15, 0.2) is 30.6 Å². The number of ether oxygens (including phenoxy) is 2. The van der Waals surface area contributed by atoms with E-state index in [1.165, 1.54) is 13.2 Å². The van der Waals surface area contributed by atoms with Gasteiger partial charge >= 0.3 is 6.61 Å². The van der Waals surface area contributed by atoms with Gasteiger partial charge in [0.15, 0.2) is 11.5 Å². The van der Waals surface area contributed by atoms with Crippen molar-refractivity contribution in [3.8, 4) is 22.6 Å². The summed E-state index contributed by atoms with van der Waals surface area (Å²) in [5.41, 5.74) is 1.42. The van der Waals surface area contributed by atoms with Crippen molar-refractivity contribution in [3.05, 3.63) is 30.6 Å². The van der Waals surface area contributed by atoms with E-state index >= 15 is 0 Å². The second-order valence-corrected chi connectivity index (χ2v) is 5.59. The third kappa shape index (κ3) is 3.51. The average molecular weight is 296 g/mol. The Kier molecular flexibility index (Phi) is 4.16. The maximum absolute atomic E-state index is 12.4. The molecule has 0 bridgehead atoms. The maximum atomic E-state index is 12.4. The minimum atomic E-state index is -2.90. The van der Waals surface area contributed by atoms with Crippen LogP contribution in [0.2, 0.25) is 0 Å². The molecule has 0 N–H and O–H groups in total. The number of aromatic nitrogens is 2. The van der Waals surface area contributed by atoms with Gasteiger partial charge in [0.2, 0.25) is 0 Å². The monoisotopic (exact) mass is 296 g/mol. The first-order valence-corrected chi connectivity index (χ1v) is 6.49. The predicted octanol–water partition coefficient (Wildman–Crippen LogP) is 3.92. The van der Waals surface area contributed by atoms with E-state index in [0.717, 1.165) is 11.1 Å². The molecule has 114 valence electrons. The Labute approximate surface area is 122 Å². The van der Waals surface area contributed by atoms with Gasteiger partial charge in [-0.1, -0.05) is 6.07 Å². The Morgan fingerprint density at radius 3 is 2.38 bits per heavy atom. The first-order chi connectivity index (χ1) is 9.81. The average Bonchev–Trinajstić information content (AvgIpc) is 2.87. The van der Waals surface area contributed by atoms with Crippen molar-refractivity contribution >= 4 is 0 Å². The number of alkyl halides is 2. The number of benzene rings is 1. The molecule has 1 heterocycles. The minimum absolute atomic E-state index is 0.00788. The van der Waals surface area contributed by atoms with Gasteiger partial charge in [-0.3, -0.25) is 4.68 Å². The van der Waals surface area contributed by atoms with E-state index in [2.05, 4.69) is 9.84 Å². The van der Waals surface area contributed by atoms with Crippen LogP contribution in [-0.2, 0) is 5.54 Å². The van der Waals surface area contributed by atoms with Crippen LogP contribution in [0.3, 0.4) is 0 Å². The molecule has 0 atom stereocenters. The number of hydrogen-bond acceptors (Lipinski definition) is 3. The molecule has 0 radical (unpaired) electrons. The fourth-order valence-corrected chi connectivity index (χ4v) is 1.88. The van der Waals surface area contributed by atoms with E-state index in [-0.39, 0.29) is 17.0 Å². The molecule has 1 aromatic carbocycles. The normalized spacial score (nSPS) is 11.8. The van der Waals surface area contributed by atoms with E-state index in [1.807, 2.05) is 31.6 Å².